The first-order valence-electron chi connectivity index (χ1n) is 5.20. The summed E-state index contributed by atoms with van der Waals surface area (Å²) in [4.78, 5) is 19.8. The fraction of sp³-hybridized carbons (Fsp3) is 0.600. The maximum absolute atomic E-state index is 11.1. The van der Waals surface area contributed by atoms with Crippen LogP contribution in [-0.4, -0.2) is 34.8 Å². The van der Waals surface area contributed by atoms with E-state index < -0.39 is 0 Å². The highest BCUT2D eigenvalue weighted by atomic mass is 16.3. The number of hydrogen-bond donors (Lipinski definition) is 2. The second kappa shape index (κ2) is 4.44. The van der Waals surface area contributed by atoms with Gasteiger partial charge in [0.2, 0.25) is 0 Å². The third kappa shape index (κ3) is 2.36. The molecule has 5 heteroatoms. The van der Waals surface area contributed by atoms with E-state index in [-0.39, 0.29) is 12.2 Å². The minimum atomic E-state index is -0.133. The molecule has 1 unspecified atom stereocenters. The first-order chi connectivity index (χ1) is 7.29. The van der Waals surface area contributed by atoms with Crippen molar-refractivity contribution in [2.75, 3.05) is 24.6 Å². The summed E-state index contributed by atoms with van der Waals surface area (Å²) in [6.45, 7) is 1.90. The monoisotopic (exact) mass is 209 g/mol. The number of aromatic nitrogens is 2. The molecular formula is C10H15N3O2. The summed E-state index contributed by atoms with van der Waals surface area (Å²) in [6.07, 6.45) is 3.51. The molecule has 1 aromatic rings. The topological polar surface area (TPSA) is 69.2 Å². The summed E-state index contributed by atoms with van der Waals surface area (Å²) in [5.41, 5.74) is -0.133. The molecule has 15 heavy (non-hydrogen) atoms. The van der Waals surface area contributed by atoms with Gasteiger partial charge in [0, 0.05) is 25.8 Å². The summed E-state index contributed by atoms with van der Waals surface area (Å²) in [7, 11) is 0. The molecule has 5 nitrogen and oxygen atoms in total. The van der Waals surface area contributed by atoms with Crippen LogP contribution in [0.2, 0.25) is 0 Å². The van der Waals surface area contributed by atoms with Gasteiger partial charge in [0.25, 0.3) is 5.56 Å². The van der Waals surface area contributed by atoms with Crippen LogP contribution in [0.5, 0.6) is 0 Å². The number of anilines is 1. The molecule has 2 rings (SSSR count). The van der Waals surface area contributed by atoms with E-state index in [4.69, 9.17) is 5.11 Å². The van der Waals surface area contributed by atoms with Gasteiger partial charge in [-0.3, -0.25) is 4.79 Å². The van der Waals surface area contributed by atoms with Crippen LogP contribution in [0.25, 0.3) is 0 Å². The molecule has 2 heterocycles. The minimum Gasteiger partial charge on any atom is -0.396 e. The zero-order chi connectivity index (χ0) is 10.7. The van der Waals surface area contributed by atoms with Crippen molar-refractivity contribution in [3.63, 3.8) is 0 Å². The molecule has 0 radical (unpaired) electrons. The Hall–Kier alpha value is -1.36. The molecule has 0 spiro atoms. The van der Waals surface area contributed by atoms with E-state index in [1.165, 1.54) is 12.4 Å². The van der Waals surface area contributed by atoms with Crippen LogP contribution in [0.1, 0.15) is 12.8 Å². The number of hydrogen-bond acceptors (Lipinski definition) is 4. The number of nitrogens with one attached hydrogen (secondary N) is 1. The Morgan fingerprint density at radius 3 is 3.27 bits per heavy atom. The summed E-state index contributed by atoms with van der Waals surface area (Å²) < 4.78 is 0. The summed E-state index contributed by atoms with van der Waals surface area (Å²) >= 11 is 0. The van der Waals surface area contributed by atoms with Crippen molar-refractivity contribution in [2.24, 2.45) is 5.92 Å². The molecule has 0 saturated carbocycles. The molecule has 1 atom stereocenters. The van der Waals surface area contributed by atoms with Crippen molar-refractivity contribution in [3.8, 4) is 0 Å². The molecule has 0 aliphatic carbocycles. The van der Waals surface area contributed by atoms with Crippen molar-refractivity contribution < 1.29 is 5.11 Å². The smallest absolute Gasteiger partial charge is 0.252 e. The summed E-state index contributed by atoms with van der Waals surface area (Å²) in [5, 5.41) is 9.10. The highest BCUT2D eigenvalue weighted by Crippen LogP contribution is 2.19. The molecule has 0 amide bonds. The number of H-pyrrole nitrogens is 1. The van der Waals surface area contributed by atoms with Gasteiger partial charge < -0.3 is 15.0 Å². The van der Waals surface area contributed by atoms with E-state index in [0.717, 1.165) is 25.9 Å². The van der Waals surface area contributed by atoms with Gasteiger partial charge in [-0.1, -0.05) is 0 Å². The lowest BCUT2D eigenvalue weighted by Crippen LogP contribution is -2.37. The predicted molar refractivity (Wildman–Crippen MR) is 56.9 cm³/mol. The quantitative estimate of drug-likeness (QED) is 0.718. The Kier molecular flexibility index (Phi) is 3.01. The van der Waals surface area contributed by atoms with Crippen LogP contribution in [0.4, 0.5) is 5.82 Å². The number of aliphatic hydroxyl groups is 1. The van der Waals surface area contributed by atoms with Gasteiger partial charge in [-0.2, -0.15) is 0 Å². The fourth-order valence-electron chi connectivity index (χ4n) is 1.95. The zero-order valence-corrected chi connectivity index (χ0v) is 8.52. The first kappa shape index (κ1) is 10.2. The summed E-state index contributed by atoms with van der Waals surface area (Å²) in [5.74, 6) is 1.01. The van der Waals surface area contributed by atoms with Gasteiger partial charge >= 0.3 is 0 Å². The van der Waals surface area contributed by atoms with E-state index in [9.17, 15) is 4.79 Å². The van der Waals surface area contributed by atoms with Crippen LogP contribution in [0.3, 0.4) is 0 Å². The Labute approximate surface area is 87.8 Å². The highest BCUT2D eigenvalue weighted by molar-refractivity contribution is 5.36. The maximum atomic E-state index is 11.1. The van der Waals surface area contributed by atoms with Crippen molar-refractivity contribution >= 4 is 5.82 Å². The Balaban J connectivity index is 2.13. The molecule has 0 aromatic carbocycles. The molecule has 1 aromatic heterocycles. The number of aliphatic hydroxyl groups excluding tert-OH is 1. The van der Waals surface area contributed by atoms with Crippen molar-refractivity contribution in [2.45, 2.75) is 12.8 Å². The van der Waals surface area contributed by atoms with Gasteiger partial charge in [-0.05, 0) is 18.8 Å². The molecule has 1 aliphatic heterocycles. The Morgan fingerprint density at radius 2 is 2.53 bits per heavy atom. The van der Waals surface area contributed by atoms with Crippen molar-refractivity contribution in [1.29, 1.82) is 0 Å². The van der Waals surface area contributed by atoms with Crippen LogP contribution < -0.4 is 10.5 Å². The molecule has 1 saturated heterocycles. The minimum absolute atomic E-state index is 0.133. The second-order valence-electron chi connectivity index (χ2n) is 3.91. The molecule has 1 fully saturated rings. The lowest BCUT2D eigenvalue weighted by Gasteiger charge is -2.32. The van der Waals surface area contributed by atoms with Crippen LogP contribution in [-0.2, 0) is 0 Å². The van der Waals surface area contributed by atoms with Crippen LogP contribution in [0, 0.1) is 5.92 Å². The molecule has 0 bridgehead atoms. The van der Waals surface area contributed by atoms with E-state index in [0.29, 0.717) is 11.7 Å². The van der Waals surface area contributed by atoms with Crippen molar-refractivity contribution in [1.82, 2.24) is 9.97 Å². The number of nitrogens with zero attached hydrogens (tertiary/aromatic N) is 2. The number of piperidine rings is 1. The van der Waals surface area contributed by atoms with E-state index in [2.05, 4.69) is 14.9 Å². The van der Waals surface area contributed by atoms with E-state index >= 15 is 0 Å². The largest absolute Gasteiger partial charge is 0.396 e. The van der Waals surface area contributed by atoms with E-state index in [1.54, 1.807) is 0 Å². The normalized spacial score (nSPS) is 21.7. The van der Waals surface area contributed by atoms with Crippen LogP contribution >= 0.6 is 0 Å². The number of aromatic amines is 1. The maximum Gasteiger partial charge on any atom is 0.252 e. The average Bonchev–Trinajstić information content (AvgIpc) is 2.29. The second-order valence-corrected chi connectivity index (χ2v) is 3.91. The predicted octanol–water partition coefficient (Wildman–Crippen LogP) is -0.0214. The molecule has 2 N–H and O–H groups in total. The molecule has 1 aliphatic rings. The van der Waals surface area contributed by atoms with E-state index in [1.807, 2.05) is 0 Å². The standard InChI is InChI=1S/C10H15N3O2/c14-6-8-2-1-3-13(5-8)9-4-10(15)12-7-11-9/h4,7-8,14H,1-3,5-6H2,(H,11,12,15). The Morgan fingerprint density at radius 1 is 1.67 bits per heavy atom. The number of rotatable bonds is 2. The molecular weight excluding hydrogens is 194 g/mol. The highest BCUT2D eigenvalue weighted by Gasteiger charge is 2.20. The van der Waals surface area contributed by atoms with Gasteiger partial charge in [-0.15, -0.1) is 0 Å². The van der Waals surface area contributed by atoms with Gasteiger partial charge in [0.05, 0.1) is 6.33 Å². The Bertz CT molecular complexity index is 377. The van der Waals surface area contributed by atoms with Crippen LogP contribution in [0.15, 0.2) is 17.2 Å². The van der Waals surface area contributed by atoms with Gasteiger partial charge in [0.1, 0.15) is 5.82 Å². The lowest BCUT2D eigenvalue weighted by atomic mass is 9.99. The first-order valence-corrected chi connectivity index (χ1v) is 5.20. The van der Waals surface area contributed by atoms with Gasteiger partial charge in [0.15, 0.2) is 0 Å². The van der Waals surface area contributed by atoms with Gasteiger partial charge in [-0.25, -0.2) is 4.98 Å². The molecule has 82 valence electrons. The lowest BCUT2D eigenvalue weighted by molar-refractivity contribution is 0.208. The third-order valence-electron chi connectivity index (χ3n) is 2.77. The SMILES string of the molecule is O=c1cc(N2CCCC(CO)C2)nc[nH]1. The fourth-order valence-corrected chi connectivity index (χ4v) is 1.95. The third-order valence-corrected chi connectivity index (χ3v) is 2.77. The van der Waals surface area contributed by atoms with Crippen molar-refractivity contribution in [3.05, 3.63) is 22.7 Å². The zero-order valence-electron chi connectivity index (χ0n) is 8.52. The average molecular weight is 209 g/mol. The summed E-state index contributed by atoms with van der Waals surface area (Å²) in [6, 6.07) is 1.50.